The van der Waals surface area contributed by atoms with Crippen molar-refractivity contribution in [1.82, 2.24) is 10.6 Å². The minimum Gasteiger partial charge on any atom is -0.508 e. The van der Waals surface area contributed by atoms with Crippen LogP contribution in [-0.4, -0.2) is 81.2 Å². The highest BCUT2D eigenvalue weighted by atomic mass is 16.5. The Morgan fingerprint density at radius 2 is 1.47 bits per heavy atom. The number of unbranched alkanes of at least 4 members (excludes halogenated alkanes) is 8. The van der Waals surface area contributed by atoms with Crippen molar-refractivity contribution in [2.24, 2.45) is 5.92 Å². The number of phenolic OH excluding ortho intramolecular Hbond substituents is 1. The second-order valence-corrected chi connectivity index (χ2v) is 11.6. The van der Waals surface area contributed by atoms with E-state index in [1.165, 1.54) is 36.8 Å². The predicted molar refractivity (Wildman–Crippen MR) is 172 cm³/mol. The molecule has 0 radical (unpaired) electrons. The number of rotatable bonds is 25. The fraction of sp³-hybridized carbons (Fsp3) is 0.588. The Hall–Kier alpha value is -4.26. The van der Waals surface area contributed by atoms with Crippen LogP contribution in [0, 0.1) is 5.92 Å². The Labute approximate surface area is 275 Å². The summed E-state index contributed by atoms with van der Waals surface area (Å²) in [5.41, 5.74) is -2.56. The number of aliphatic hydroxyl groups is 1. The number of hydrogen-bond donors (Lipinski definition) is 6. The number of nitrogens with one attached hydrogen (secondary N) is 2. The molecule has 1 aromatic carbocycles. The van der Waals surface area contributed by atoms with E-state index in [0.29, 0.717) is 31.2 Å². The van der Waals surface area contributed by atoms with Crippen molar-refractivity contribution in [1.29, 1.82) is 0 Å². The van der Waals surface area contributed by atoms with Crippen LogP contribution in [-0.2, 0) is 39.9 Å². The van der Waals surface area contributed by atoms with Gasteiger partial charge in [-0.05, 0) is 43.4 Å². The molecule has 0 aliphatic rings. The molecule has 13 heteroatoms. The van der Waals surface area contributed by atoms with Crippen LogP contribution in [0.2, 0.25) is 0 Å². The molecule has 262 valence electrons. The summed E-state index contributed by atoms with van der Waals surface area (Å²) in [7, 11) is 1.12. The number of ether oxygens (including phenoxy) is 1. The summed E-state index contributed by atoms with van der Waals surface area (Å²) in [6.07, 6.45) is 11.1. The Bertz CT molecular complexity index is 1200. The molecule has 0 bridgehead atoms. The number of phenols is 1. The molecule has 47 heavy (non-hydrogen) atoms. The molecular weight excluding hydrogens is 612 g/mol. The summed E-state index contributed by atoms with van der Waals surface area (Å²) in [5.74, 6) is -8.01. The number of methoxy groups -OCH3 is 1. The van der Waals surface area contributed by atoms with Gasteiger partial charge in [0.25, 0.3) is 0 Å². The minimum atomic E-state index is -3.05. The van der Waals surface area contributed by atoms with Crippen molar-refractivity contribution >= 4 is 35.5 Å². The maximum Gasteiger partial charge on any atom is 0.337 e. The van der Waals surface area contributed by atoms with Gasteiger partial charge in [0.15, 0.2) is 5.60 Å². The molecule has 0 spiro atoms. The zero-order valence-electron chi connectivity index (χ0n) is 27.4. The maximum atomic E-state index is 13.5. The van der Waals surface area contributed by atoms with Crippen molar-refractivity contribution < 1.29 is 53.9 Å². The van der Waals surface area contributed by atoms with Crippen molar-refractivity contribution in [3.05, 3.63) is 42.0 Å². The van der Waals surface area contributed by atoms with E-state index in [2.05, 4.69) is 22.3 Å². The van der Waals surface area contributed by atoms with Crippen LogP contribution in [0.4, 0.5) is 0 Å². The zero-order valence-corrected chi connectivity index (χ0v) is 27.4. The molecule has 0 aliphatic heterocycles. The molecule has 1 aromatic rings. The number of carbonyl (C=O) groups excluding carboxylic acids is 4. The van der Waals surface area contributed by atoms with E-state index in [-0.39, 0.29) is 18.0 Å². The number of aliphatic carboxylic acids is 2. The number of carbonyl (C=O) groups is 6. The van der Waals surface area contributed by atoms with Crippen molar-refractivity contribution in [3.8, 4) is 5.75 Å². The van der Waals surface area contributed by atoms with Gasteiger partial charge in [-0.25, -0.2) is 4.79 Å². The lowest BCUT2D eigenvalue weighted by Crippen LogP contribution is -2.56. The van der Waals surface area contributed by atoms with Crippen molar-refractivity contribution in [3.63, 3.8) is 0 Å². The van der Waals surface area contributed by atoms with Crippen molar-refractivity contribution in [2.45, 2.75) is 108 Å². The third kappa shape index (κ3) is 16.2. The molecule has 2 amide bonds. The van der Waals surface area contributed by atoms with Crippen LogP contribution >= 0.6 is 0 Å². The third-order valence-electron chi connectivity index (χ3n) is 7.70. The SMILES string of the molecule is CCCCCCCC(=O)CCCCCC/C=C/[C@H](C(=O)N[C@@H](Cc1ccc(O)cc1)C(=O)NCC(=O)OC)[C@@](O)(CC(=O)O)C(=O)O. The first-order valence-corrected chi connectivity index (χ1v) is 16.1. The summed E-state index contributed by atoms with van der Waals surface area (Å²) in [5, 5.41) is 44.4. The van der Waals surface area contributed by atoms with Gasteiger partial charge < -0.3 is 35.8 Å². The zero-order chi connectivity index (χ0) is 35.2. The quantitative estimate of drug-likeness (QED) is 0.0506. The average Bonchev–Trinajstić information content (AvgIpc) is 3.02. The van der Waals surface area contributed by atoms with E-state index in [1.807, 2.05) is 0 Å². The Balaban J connectivity index is 2.96. The first kappa shape index (κ1) is 40.8. The first-order chi connectivity index (χ1) is 22.3. The normalized spacial score (nSPS) is 13.7. The van der Waals surface area contributed by atoms with Crippen LogP contribution in [0.5, 0.6) is 5.75 Å². The van der Waals surface area contributed by atoms with E-state index in [9.17, 15) is 49.2 Å². The van der Waals surface area contributed by atoms with E-state index in [1.54, 1.807) is 0 Å². The summed E-state index contributed by atoms with van der Waals surface area (Å²) >= 11 is 0. The van der Waals surface area contributed by atoms with Crippen LogP contribution < -0.4 is 10.6 Å². The number of esters is 1. The highest BCUT2D eigenvalue weighted by molar-refractivity contribution is 5.96. The predicted octanol–water partition coefficient (Wildman–Crippen LogP) is 3.44. The fourth-order valence-electron chi connectivity index (χ4n) is 4.93. The molecule has 6 N–H and O–H groups in total. The molecule has 0 saturated heterocycles. The number of hydrogen-bond acceptors (Lipinski definition) is 9. The monoisotopic (exact) mass is 662 g/mol. The molecule has 0 aromatic heterocycles. The molecule has 13 nitrogen and oxygen atoms in total. The number of amides is 2. The van der Waals surface area contributed by atoms with E-state index >= 15 is 0 Å². The van der Waals surface area contributed by atoms with Gasteiger partial charge in [0.05, 0.1) is 19.4 Å². The number of allylic oxidation sites excluding steroid dienone is 1. The molecule has 0 heterocycles. The number of ketones is 1. The van der Waals surface area contributed by atoms with Gasteiger partial charge in [-0.3, -0.25) is 24.0 Å². The van der Waals surface area contributed by atoms with Crippen molar-refractivity contribution in [2.75, 3.05) is 13.7 Å². The fourth-order valence-corrected chi connectivity index (χ4v) is 4.93. The highest BCUT2D eigenvalue weighted by Crippen LogP contribution is 2.26. The molecular formula is C34H50N2O11. The van der Waals surface area contributed by atoms with E-state index < -0.39 is 60.2 Å². The Morgan fingerprint density at radius 3 is 2.02 bits per heavy atom. The Kier molecular flexibility index (Phi) is 19.3. The molecule has 0 aliphatic carbocycles. The number of carboxylic acid groups (broad SMARTS) is 2. The number of benzene rings is 1. The maximum absolute atomic E-state index is 13.5. The largest absolute Gasteiger partial charge is 0.508 e. The summed E-state index contributed by atoms with van der Waals surface area (Å²) < 4.78 is 4.51. The number of aromatic hydroxyl groups is 1. The second-order valence-electron chi connectivity index (χ2n) is 11.6. The number of Topliss-reactive ketones (excluding diaryl/α,β-unsaturated/α-hetero) is 1. The third-order valence-corrected chi connectivity index (χ3v) is 7.70. The molecule has 3 atom stereocenters. The summed E-state index contributed by atoms with van der Waals surface area (Å²) in [6, 6.07) is 4.31. The minimum absolute atomic E-state index is 0.0449. The van der Waals surface area contributed by atoms with E-state index in [4.69, 9.17) is 0 Å². The van der Waals surface area contributed by atoms with Gasteiger partial charge >= 0.3 is 17.9 Å². The van der Waals surface area contributed by atoms with Gasteiger partial charge in [-0.15, -0.1) is 0 Å². The molecule has 0 saturated carbocycles. The smallest absolute Gasteiger partial charge is 0.337 e. The topological polar surface area (TPSA) is 217 Å². The summed E-state index contributed by atoms with van der Waals surface area (Å²) in [6.45, 7) is 1.62. The van der Waals surface area contributed by atoms with Gasteiger partial charge in [-0.2, -0.15) is 0 Å². The van der Waals surface area contributed by atoms with Gasteiger partial charge in [-0.1, -0.05) is 69.7 Å². The van der Waals surface area contributed by atoms with Gasteiger partial charge in [0, 0.05) is 19.3 Å². The van der Waals surface area contributed by atoms with Gasteiger partial charge in [0.1, 0.15) is 24.1 Å². The number of carboxylic acids is 2. The first-order valence-electron chi connectivity index (χ1n) is 16.1. The van der Waals surface area contributed by atoms with Crippen LogP contribution in [0.1, 0.15) is 96.0 Å². The van der Waals surface area contributed by atoms with Gasteiger partial charge in [0.2, 0.25) is 11.8 Å². The molecule has 0 fully saturated rings. The highest BCUT2D eigenvalue weighted by Gasteiger charge is 2.49. The lowest BCUT2D eigenvalue weighted by Gasteiger charge is -2.30. The Morgan fingerprint density at radius 1 is 0.872 bits per heavy atom. The summed E-state index contributed by atoms with van der Waals surface area (Å²) in [4.78, 5) is 73.8. The lowest BCUT2D eigenvalue weighted by atomic mass is 9.82. The van der Waals surface area contributed by atoms with Crippen LogP contribution in [0.3, 0.4) is 0 Å². The second kappa shape index (κ2) is 22.3. The molecule has 1 rings (SSSR count). The van der Waals surface area contributed by atoms with E-state index in [0.717, 1.165) is 58.1 Å². The molecule has 0 unspecified atom stereocenters. The van der Waals surface area contributed by atoms with Crippen LogP contribution in [0.25, 0.3) is 0 Å². The van der Waals surface area contributed by atoms with Crippen LogP contribution in [0.15, 0.2) is 36.4 Å². The average molecular weight is 663 g/mol. The lowest BCUT2D eigenvalue weighted by molar-refractivity contribution is -0.172. The standard InChI is InChI=1S/C34H50N2O11/c1-3-4-5-8-11-14-25(37)15-12-9-6-7-10-13-16-27(34(46,33(44)45)22-29(39)40)31(42)36-28(32(43)35-23-30(41)47-2)21-24-17-19-26(38)20-18-24/h13,16-20,27-28,38,46H,3-12,14-15,21-23H2,1-2H3,(H,35,43)(H,36,42)(H,39,40)(H,44,45)/b16-13+/t27-,28+,34+/m1/s1.